The summed E-state index contributed by atoms with van der Waals surface area (Å²) in [5, 5.41) is 2.75. The molecule has 2 fully saturated rings. The Morgan fingerprint density at radius 2 is 2.12 bits per heavy atom. The lowest BCUT2D eigenvalue weighted by molar-refractivity contribution is -0.135. The highest BCUT2D eigenvalue weighted by atomic mass is 32.3. The molecule has 0 aromatic heterocycles. The molecule has 0 radical (unpaired) electrons. The number of carbonyl (C=O) groups excluding carboxylic acids is 2. The zero-order valence-electron chi connectivity index (χ0n) is 13.3. The fourth-order valence-electron chi connectivity index (χ4n) is 2.27. The van der Waals surface area contributed by atoms with Crippen LogP contribution in [-0.2, 0) is 24.3 Å². The number of amides is 3. The number of nitrogens with one attached hydrogen (secondary N) is 2. The van der Waals surface area contributed by atoms with Crippen LogP contribution in [0.25, 0.3) is 0 Å². The van der Waals surface area contributed by atoms with E-state index in [0.29, 0.717) is 18.2 Å². The fraction of sp³-hybridized carbons (Fsp3) is 0.818. The van der Waals surface area contributed by atoms with E-state index in [1.807, 2.05) is 0 Å². The van der Waals surface area contributed by atoms with Crippen LogP contribution < -0.4 is 10.8 Å². The van der Waals surface area contributed by atoms with Crippen LogP contribution in [-0.4, -0.2) is 79.1 Å². The Balaban J connectivity index is 1.96. The van der Waals surface area contributed by atoms with Crippen molar-refractivity contribution in [2.24, 2.45) is 0 Å². The Morgan fingerprint density at radius 1 is 1.48 bits per heavy atom. The molecule has 1 heterocycles. The van der Waals surface area contributed by atoms with Crippen LogP contribution in [0.4, 0.5) is 13.6 Å². The van der Waals surface area contributed by atoms with Gasteiger partial charge >= 0.3 is 16.4 Å². The second-order valence-corrected chi connectivity index (χ2v) is 6.78. The molecule has 0 bridgehead atoms. The molecule has 144 valence electrons. The number of nitrogens with zero attached hydrogens (tertiary/aromatic N) is 2. The number of carbonyl (C=O) groups is 2. The monoisotopic (exact) mass is 388 g/mol. The Hall–Kier alpha value is -1.61. The first-order valence-corrected chi connectivity index (χ1v) is 8.53. The molecule has 11 nitrogen and oxygen atoms in total. The maximum absolute atomic E-state index is 13.6. The van der Waals surface area contributed by atoms with Crippen molar-refractivity contribution in [1.82, 2.24) is 20.8 Å². The van der Waals surface area contributed by atoms with Gasteiger partial charge < -0.3 is 10.2 Å². The molecule has 1 aliphatic heterocycles. The first kappa shape index (κ1) is 19.7. The third-order valence-corrected chi connectivity index (χ3v) is 4.01. The largest absolute Gasteiger partial charge is 0.418 e. The van der Waals surface area contributed by atoms with Gasteiger partial charge in [0.25, 0.3) is 11.8 Å². The van der Waals surface area contributed by atoms with E-state index in [-0.39, 0.29) is 17.2 Å². The predicted molar refractivity (Wildman–Crippen MR) is 76.3 cm³/mol. The summed E-state index contributed by atoms with van der Waals surface area (Å²) in [4.78, 5) is 29.5. The molecule has 2 aliphatic rings. The van der Waals surface area contributed by atoms with Crippen molar-refractivity contribution in [1.29, 1.82) is 0 Å². The van der Waals surface area contributed by atoms with Gasteiger partial charge in [0.2, 0.25) is 0 Å². The third kappa shape index (κ3) is 5.18. The highest BCUT2D eigenvalue weighted by Gasteiger charge is 2.52. The molecule has 3 amide bonds. The van der Waals surface area contributed by atoms with Gasteiger partial charge in [-0.2, -0.15) is 13.5 Å². The number of hydrogen-bond acceptors (Lipinski definition) is 7. The minimum absolute atomic E-state index is 0.0931. The number of halogens is 2. The first-order chi connectivity index (χ1) is 11.4. The number of urea groups is 1. The molecule has 14 heteroatoms. The van der Waals surface area contributed by atoms with Gasteiger partial charge in [-0.1, -0.05) is 0 Å². The van der Waals surface area contributed by atoms with E-state index < -0.39 is 47.4 Å². The first-order valence-electron chi connectivity index (χ1n) is 7.17. The molecule has 0 aromatic rings. The van der Waals surface area contributed by atoms with Crippen LogP contribution >= 0.6 is 0 Å². The maximum Gasteiger partial charge on any atom is 0.418 e. The van der Waals surface area contributed by atoms with Gasteiger partial charge in [0.1, 0.15) is 18.7 Å². The minimum atomic E-state index is -5.19. The van der Waals surface area contributed by atoms with E-state index in [9.17, 15) is 26.8 Å². The van der Waals surface area contributed by atoms with Crippen molar-refractivity contribution in [3.8, 4) is 0 Å². The summed E-state index contributed by atoms with van der Waals surface area (Å²) in [6.45, 7) is -0.898. The van der Waals surface area contributed by atoms with E-state index in [0.717, 1.165) is 0 Å². The standard InChI is InChI=1S/C11H18F2N4O7S/c1-11(12,13)8-4-16(10(19)17(8)24-25(20,21)22)5-9(18)15-23-7-3-6(7)14-2/h6-8,14H,3-5H2,1-2H3,(H,15,18)(H,20,21,22). The fourth-order valence-corrected chi connectivity index (χ4v) is 2.64. The van der Waals surface area contributed by atoms with Crippen LogP contribution in [0.2, 0.25) is 0 Å². The highest BCUT2D eigenvalue weighted by molar-refractivity contribution is 7.80. The summed E-state index contributed by atoms with van der Waals surface area (Å²) >= 11 is 0. The molecule has 25 heavy (non-hydrogen) atoms. The zero-order valence-corrected chi connectivity index (χ0v) is 14.1. The van der Waals surface area contributed by atoms with Crippen molar-refractivity contribution in [2.45, 2.75) is 37.5 Å². The summed E-state index contributed by atoms with van der Waals surface area (Å²) in [5.74, 6) is -4.34. The van der Waals surface area contributed by atoms with E-state index in [4.69, 9.17) is 9.39 Å². The lowest BCUT2D eigenvalue weighted by Crippen LogP contribution is -2.45. The van der Waals surface area contributed by atoms with Crippen LogP contribution in [0, 0.1) is 0 Å². The van der Waals surface area contributed by atoms with Crippen molar-refractivity contribution < 1.29 is 40.5 Å². The summed E-state index contributed by atoms with van der Waals surface area (Å²) < 4.78 is 61.2. The second-order valence-electron chi connectivity index (χ2n) is 5.78. The molecule has 1 saturated carbocycles. The van der Waals surface area contributed by atoms with Crippen LogP contribution in [0.1, 0.15) is 13.3 Å². The molecule has 1 aliphatic carbocycles. The quantitative estimate of drug-likeness (QED) is 0.352. The maximum atomic E-state index is 13.6. The third-order valence-electron chi connectivity index (χ3n) is 3.66. The molecule has 3 atom stereocenters. The lowest BCUT2D eigenvalue weighted by atomic mass is 10.2. The van der Waals surface area contributed by atoms with E-state index >= 15 is 0 Å². The van der Waals surface area contributed by atoms with Crippen molar-refractivity contribution in [2.75, 3.05) is 20.1 Å². The van der Waals surface area contributed by atoms with Crippen molar-refractivity contribution in [3.63, 3.8) is 0 Å². The van der Waals surface area contributed by atoms with Gasteiger partial charge in [-0.3, -0.25) is 14.2 Å². The molecule has 3 N–H and O–H groups in total. The predicted octanol–water partition coefficient (Wildman–Crippen LogP) is -1.11. The van der Waals surface area contributed by atoms with Gasteiger partial charge in [0.15, 0.2) is 0 Å². The lowest BCUT2D eigenvalue weighted by Gasteiger charge is -2.24. The number of alkyl halides is 2. The Labute approximate surface area is 142 Å². The van der Waals surface area contributed by atoms with Crippen LogP contribution in [0.15, 0.2) is 0 Å². The molecular weight excluding hydrogens is 370 g/mol. The molecule has 2 rings (SSSR count). The topological polar surface area (TPSA) is 138 Å². The molecule has 0 aromatic carbocycles. The highest BCUT2D eigenvalue weighted by Crippen LogP contribution is 2.30. The van der Waals surface area contributed by atoms with Gasteiger partial charge in [-0.15, -0.1) is 4.28 Å². The summed E-state index contributed by atoms with van der Waals surface area (Å²) in [7, 11) is -3.48. The Morgan fingerprint density at radius 3 is 2.60 bits per heavy atom. The summed E-state index contributed by atoms with van der Waals surface area (Å²) in [6.07, 6.45) is 0.454. The van der Waals surface area contributed by atoms with Gasteiger partial charge in [-0.05, 0) is 13.5 Å². The van der Waals surface area contributed by atoms with Crippen molar-refractivity contribution >= 4 is 22.3 Å². The van der Waals surface area contributed by atoms with E-state index in [2.05, 4.69) is 15.1 Å². The van der Waals surface area contributed by atoms with Crippen LogP contribution in [0.5, 0.6) is 0 Å². The smallest absolute Gasteiger partial charge is 0.314 e. The minimum Gasteiger partial charge on any atom is -0.314 e. The number of hydroxylamine groups is 3. The zero-order chi connectivity index (χ0) is 19.0. The van der Waals surface area contributed by atoms with Crippen molar-refractivity contribution in [3.05, 3.63) is 0 Å². The van der Waals surface area contributed by atoms with Gasteiger partial charge in [0.05, 0.1) is 6.54 Å². The van der Waals surface area contributed by atoms with E-state index in [1.165, 1.54) is 0 Å². The Bertz CT molecular complexity index is 641. The van der Waals surface area contributed by atoms with Gasteiger partial charge in [-0.25, -0.2) is 19.1 Å². The second kappa shape index (κ2) is 6.95. The number of hydrogen-bond donors (Lipinski definition) is 3. The van der Waals surface area contributed by atoms with E-state index in [1.54, 1.807) is 7.05 Å². The number of rotatable bonds is 8. The number of likely N-dealkylation sites (N-methyl/N-ethyl adjacent to an activating group) is 1. The molecular formula is C11H18F2N4O7S. The molecule has 0 spiro atoms. The Kier molecular flexibility index (Phi) is 5.48. The molecule has 1 saturated heterocycles. The average Bonchev–Trinajstić information content (AvgIpc) is 3.16. The van der Waals surface area contributed by atoms with Gasteiger partial charge in [0, 0.05) is 13.0 Å². The summed E-state index contributed by atoms with van der Waals surface area (Å²) in [6, 6.07) is -3.22. The normalized spacial score (nSPS) is 26.9. The van der Waals surface area contributed by atoms with Crippen LogP contribution in [0.3, 0.4) is 0 Å². The molecule has 3 unspecified atom stereocenters. The average molecular weight is 388 g/mol. The SMILES string of the molecule is CNC1CC1ONC(=O)CN1CC(C(C)(F)F)N(OS(=O)(=O)O)C1=O. The summed E-state index contributed by atoms with van der Waals surface area (Å²) in [5.41, 5.74) is 2.09.